The van der Waals surface area contributed by atoms with E-state index >= 15 is 0 Å². The van der Waals surface area contributed by atoms with Crippen LogP contribution in [0.25, 0.3) is 0 Å². The van der Waals surface area contributed by atoms with Crippen LogP contribution in [-0.4, -0.2) is 42.6 Å². The number of aromatic amines is 1. The van der Waals surface area contributed by atoms with Crippen LogP contribution in [0, 0.1) is 0 Å². The van der Waals surface area contributed by atoms with Crippen LogP contribution >= 0.6 is 0 Å². The molecule has 0 fully saturated rings. The highest BCUT2D eigenvalue weighted by Gasteiger charge is 2.20. The summed E-state index contributed by atoms with van der Waals surface area (Å²) in [5.74, 6) is 0.296. The molecule has 0 aliphatic rings. The molecule has 1 aromatic carbocycles. The van der Waals surface area contributed by atoms with Crippen LogP contribution in [0.3, 0.4) is 0 Å². The van der Waals surface area contributed by atoms with Crippen molar-refractivity contribution >= 4 is 10.0 Å². The number of rotatable bonds is 7. The number of tetrazole rings is 1. The predicted molar refractivity (Wildman–Crippen MR) is 77.0 cm³/mol. The summed E-state index contributed by atoms with van der Waals surface area (Å²) in [4.78, 5) is 0.214. The SMILES string of the molecule is CNCCc1ccc(S(=O)(=O)NC(C)c2nn[nH]n2)cc1. The van der Waals surface area contributed by atoms with E-state index in [0.29, 0.717) is 5.82 Å². The van der Waals surface area contributed by atoms with E-state index in [1.54, 1.807) is 19.1 Å². The molecular weight excluding hydrogens is 292 g/mol. The second kappa shape index (κ2) is 6.74. The fraction of sp³-hybridized carbons (Fsp3) is 0.417. The van der Waals surface area contributed by atoms with Crippen LogP contribution in [0.2, 0.25) is 0 Å². The van der Waals surface area contributed by atoms with Crippen LogP contribution in [0.4, 0.5) is 0 Å². The van der Waals surface area contributed by atoms with Gasteiger partial charge in [-0.1, -0.05) is 17.3 Å². The predicted octanol–water partition coefficient (Wildman–Crippen LogP) is 0.00110. The Morgan fingerprint density at radius 1 is 1.29 bits per heavy atom. The maximum Gasteiger partial charge on any atom is 0.241 e. The van der Waals surface area contributed by atoms with Crippen molar-refractivity contribution in [3.8, 4) is 0 Å². The number of aromatic nitrogens is 4. The van der Waals surface area contributed by atoms with Gasteiger partial charge < -0.3 is 5.32 Å². The highest BCUT2D eigenvalue weighted by Crippen LogP contribution is 2.14. The van der Waals surface area contributed by atoms with Gasteiger partial charge in [-0.2, -0.15) is 5.21 Å². The highest BCUT2D eigenvalue weighted by molar-refractivity contribution is 7.89. The van der Waals surface area contributed by atoms with Crippen molar-refractivity contribution in [2.45, 2.75) is 24.3 Å². The van der Waals surface area contributed by atoms with E-state index in [0.717, 1.165) is 18.5 Å². The van der Waals surface area contributed by atoms with Crippen molar-refractivity contribution in [3.05, 3.63) is 35.7 Å². The second-order valence-corrected chi connectivity index (χ2v) is 6.32. The first-order valence-corrected chi connectivity index (χ1v) is 8.00. The Morgan fingerprint density at radius 3 is 2.57 bits per heavy atom. The standard InChI is InChI=1S/C12H18N6O2S/c1-9(12-14-17-18-15-12)16-21(19,20)11-5-3-10(4-6-11)7-8-13-2/h3-6,9,13,16H,7-8H2,1-2H3,(H,14,15,17,18). The van der Waals surface area contributed by atoms with Gasteiger partial charge in [0.15, 0.2) is 5.82 Å². The van der Waals surface area contributed by atoms with E-state index in [9.17, 15) is 8.42 Å². The van der Waals surface area contributed by atoms with Crippen LogP contribution in [-0.2, 0) is 16.4 Å². The number of hydrogen-bond donors (Lipinski definition) is 3. The van der Waals surface area contributed by atoms with E-state index < -0.39 is 16.1 Å². The zero-order valence-corrected chi connectivity index (χ0v) is 12.7. The van der Waals surface area contributed by atoms with E-state index in [4.69, 9.17) is 0 Å². The molecule has 3 N–H and O–H groups in total. The molecule has 114 valence electrons. The number of nitrogens with one attached hydrogen (secondary N) is 3. The lowest BCUT2D eigenvalue weighted by Crippen LogP contribution is -2.27. The molecule has 2 aromatic rings. The average Bonchev–Trinajstić information content (AvgIpc) is 2.99. The van der Waals surface area contributed by atoms with Crippen LogP contribution < -0.4 is 10.0 Å². The Morgan fingerprint density at radius 2 is 2.00 bits per heavy atom. The molecule has 0 bridgehead atoms. The summed E-state index contributed by atoms with van der Waals surface area (Å²) in [6.07, 6.45) is 0.851. The molecule has 1 atom stereocenters. The normalized spacial score (nSPS) is 13.2. The van der Waals surface area contributed by atoms with Crippen molar-refractivity contribution in [3.63, 3.8) is 0 Å². The van der Waals surface area contributed by atoms with Gasteiger partial charge in [-0.25, -0.2) is 13.1 Å². The fourth-order valence-electron chi connectivity index (χ4n) is 1.81. The van der Waals surface area contributed by atoms with Gasteiger partial charge >= 0.3 is 0 Å². The van der Waals surface area contributed by atoms with Gasteiger partial charge in [-0.3, -0.25) is 0 Å². The van der Waals surface area contributed by atoms with Crippen molar-refractivity contribution in [1.82, 2.24) is 30.7 Å². The van der Waals surface area contributed by atoms with Crippen LogP contribution in [0.5, 0.6) is 0 Å². The third kappa shape index (κ3) is 4.06. The lowest BCUT2D eigenvalue weighted by molar-refractivity contribution is 0.560. The average molecular weight is 310 g/mol. The van der Waals surface area contributed by atoms with Crippen LogP contribution in [0.1, 0.15) is 24.4 Å². The zero-order chi connectivity index (χ0) is 15.3. The Bertz CT molecular complexity index is 654. The molecule has 0 aliphatic heterocycles. The number of nitrogens with zero attached hydrogens (tertiary/aromatic N) is 3. The second-order valence-electron chi connectivity index (χ2n) is 4.61. The Labute approximate surface area is 123 Å². The number of H-pyrrole nitrogens is 1. The maximum atomic E-state index is 12.3. The zero-order valence-electron chi connectivity index (χ0n) is 11.9. The summed E-state index contributed by atoms with van der Waals surface area (Å²) in [6, 6.07) is 6.25. The fourth-order valence-corrected chi connectivity index (χ4v) is 3.01. The minimum Gasteiger partial charge on any atom is -0.319 e. The van der Waals surface area contributed by atoms with Gasteiger partial charge in [-0.15, -0.1) is 10.2 Å². The largest absolute Gasteiger partial charge is 0.319 e. The minimum absolute atomic E-state index is 0.214. The summed E-state index contributed by atoms with van der Waals surface area (Å²) in [5.41, 5.74) is 1.08. The van der Waals surface area contributed by atoms with Gasteiger partial charge in [0.25, 0.3) is 0 Å². The number of hydrogen-bond acceptors (Lipinski definition) is 6. The van der Waals surface area contributed by atoms with Crippen molar-refractivity contribution < 1.29 is 8.42 Å². The molecule has 0 amide bonds. The molecule has 21 heavy (non-hydrogen) atoms. The van der Waals surface area contributed by atoms with Crippen molar-refractivity contribution in [1.29, 1.82) is 0 Å². The molecule has 1 aromatic heterocycles. The summed E-state index contributed by atoms with van der Waals surface area (Å²) in [5, 5.41) is 16.3. The molecule has 1 unspecified atom stereocenters. The van der Waals surface area contributed by atoms with Gasteiger partial charge in [0.2, 0.25) is 10.0 Å². The van der Waals surface area contributed by atoms with Gasteiger partial charge in [-0.05, 0) is 44.6 Å². The first kappa shape index (κ1) is 15.5. The molecule has 1 heterocycles. The lowest BCUT2D eigenvalue weighted by Gasteiger charge is -2.11. The van der Waals surface area contributed by atoms with Gasteiger partial charge in [0.05, 0.1) is 10.9 Å². The van der Waals surface area contributed by atoms with E-state index in [-0.39, 0.29) is 4.90 Å². The van der Waals surface area contributed by atoms with Gasteiger partial charge in [0, 0.05) is 0 Å². The molecule has 0 radical (unpaired) electrons. The molecule has 0 saturated heterocycles. The number of likely N-dealkylation sites (N-methyl/N-ethyl adjacent to an activating group) is 1. The smallest absolute Gasteiger partial charge is 0.241 e. The highest BCUT2D eigenvalue weighted by atomic mass is 32.2. The Balaban J connectivity index is 2.08. The monoisotopic (exact) mass is 310 g/mol. The molecule has 9 heteroatoms. The summed E-state index contributed by atoms with van der Waals surface area (Å²) in [6.45, 7) is 2.50. The lowest BCUT2D eigenvalue weighted by atomic mass is 10.1. The maximum absolute atomic E-state index is 12.3. The quantitative estimate of drug-likeness (QED) is 0.663. The molecule has 2 rings (SSSR count). The Hall–Kier alpha value is -1.84. The molecular formula is C12H18N6O2S. The molecule has 8 nitrogen and oxygen atoms in total. The third-order valence-electron chi connectivity index (χ3n) is 2.98. The number of benzene rings is 1. The van der Waals surface area contributed by atoms with Crippen LogP contribution in [0.15, 0.2) is 29.2 Å². The molecule has 0 spiro atoms. The minimum atomic E-state index is -3.61. The summed E-state index contributed by atoms with van der Waals surface area (Å²) >= 11 is 0. The summed E-state index contributed by atoms with van der Waals surface area (Å²) in [7, 11) is -1.73. The first-order chi connectivity index (χ1) is 10.0. The molecule has 0 saturated carbocycles. The first-order valence-electron chi connectivity index (χ1n) is 6.52. The Kier molecular flexibility index (Phi) is 4.99. The summed E-state index contributed by atoms with van der Waals surface area (Å²) < 4.78 is 27.0. The molecule has 0 aliphatic carbocycles. The van der Waals surface area contributed by atoms with E-state index in [2.05, 4.69) is 30.7 Å². The van der Waals surface area contributed by atoms with Crippen molar-refractivity contribution in [2.75, 3.05) is 13.6 Å². The third-order valence-corrected chi connectivity index (χ3v) is 4.53. The topological polar surface area (TPSA) is 113 Å². The van der Waals surface area contributed by atoms with E-state index in [1.807, 2.05) is 19.2 Å². The van der Waals surface area contributed by atoms with E-state index in [1.165, 1.54) is 0 Å². The number of sulfonamides is 1. The van der Waals surface area contributed by atoms with Gasteiger partial charge in [0.1, 0.15) is 0 Å². The van der Waals surface area contributed by atoms with Crippen molar-refractivity contribution in [2.24, 2.45) is 0 Å².